The molecule has 1 saturated heterocycles. The van der Waals surface area contributed by atoms with Crippen LogP contribution in [0.4, 0.5) is 9.59 Å². The number of carbonyl (C=O) groups excluding carboxylic acids is 4. The first kappa shape index (κ1) is 20.8. The highest BCUT2D eigenvalue weighted by molar-refractivity contribution is 6.11. The molecule has 0 radical (unpaired) electrons. The number of urea groups is 2. The highest BCUT2D eigenvalue weighted by atomic mass is 16.2. The average Bonchev–Trinajstić information content (AvgIpc) is 2.97. The third-order valence-corrected chi connectivity index (χ3v) is 6.10. The number of amides is 6. The number of nitrogens with one attached hydrogen (secondary N) is 3. The van der Waals surface area contributed by atoms with Crippen LogP contribution in [-0.2, 0) is 15.1 Å². The van der Waals surface area contributed by atoms with Crippen molar-refractivity contribution >= 4 is 34.6 Å². The lowest BCUT2D eigenvalue weighted by molar-refractivity contribution is -0.134. The number of fused-ring (bicyclic) bond motifs is 1. The summed E-state index contributed by atoms with van der Waals surface area (Å²) in [6, 6.07) is 11.9. The monoisotopic (exact) mass is 422 g/mol. The van der Waals surface area contributed by atoms with Crippen LogP contribution in [0.15, 0.2) is 42.5 Å². The molecule has 162 valence electrons. The smallest absolute Gasteiger partial charge is 0.325 e. The molecule has 0 bridgehead atoms. The fourth-order valence-electron chi connectivity index (χ4n) is 4.46. The molecule has 8 heteroatoms. The summed E-state index contributed by atoms with van der Waals surface area (Å²) in [7, 11) is 0. The van der Waals surface area contributed by atoms with E-state index in [-0.39, 0.29) is 6.04 Å². The quantitative estimate of drug-likeness (QED) is 0.659. The summed E-state index contributed by atoms with van der Waals surface area (Å²) in [5.74, 6) is -1.24. The molecule has 6 amide bonds. The van der Waals surface area contributed by atoms with Crippen molar-refractivity contribution in [3.8, 4) is 0 Å². The van der Waals surface area contributed by atoms with Gasteiger partial charge in [0, 0.05) is 6.04 Å². The molecule has 2 aliphatic rings. The van der Waals surface area contributed by atoms with Gasteiger partial charge in [0.15, 0.2) is 0 Å². The Hall–Kier alpha value is -3.42. The minimum absolute atomic E-state index is 0.0490. The van der Waals surface area contributed by atoms with Crippen LogP contribution in [0.1, 0.15) is 44.6 Å². The Balaban J connectivity index is 1.45. The molecule has 1 saturated carbocycles. The fraction of sp³-hybridized carbons (Fsp3) is 0.391. The van der Waals surface area contributed by atoms with Crippen LogP contribution >= 0.6 is 0 Å². The molecule has 2 aromatic rings. The van der Waals surface area contributed by atoms with Gasteiger partial charge in [-0.3, -0.25) is 19.8 Å². The van der Waals surface area contributed by atoms with Gasteiger partial charge in [0.25, 0.3) is 5.91 Å². The van der Waals surface area contributed by atoms with Crippen LogP contribution in [0.2, 0.25) is 0 Å². The summed E-state index contributed by atoms with van der Waals surface area (Å²) < 4.78 is 0. The SMILES string of the molecule is C[C@]1(c2cccc3ccccc23)NC(=O)N(CC(=O)NC(=O)NC2CCCCC2)C1=O. The number of imide groups is 2. The predicted octanol–water partition coefficient (Wildman–Crippen LogP) is 2.77. The van der Waals surface area contributed by atoms with Gasteiger partial charge in [-0.1, -0.05) is 61.7 Å². The molecule has 2 fully saturated rings. The van der Waals surface area contributed by atoms with Crippen LogP contribution in [0.5, 0.6) is 0 Å². The van der Waals surface area contributed by atoms with Gasteiger partial charge in [-0.15, -0.1) is 0 Å². The van der Waals surface area contributed by atoms with Gasteiger partial charge < -0.3 is 10.6 Å². The maximum absolute atomic E-state index is 13.2. The van der Waals surface area contributed by atoms with E-state index < -0.39 is 36.0 Å². The molecule has 1 aliphatic heterocycles. The zero-order valence-corrected chi connectivity index (χ0v) is 17.4. The largest absolute Gasteiger partial charge is 0.335 e. The molecule has 4 rings (SSSR count). The van der Waals surface area contributed by atoms with Crippen molar-refractivity contribution in [3.63, 3.8) is 0 Å². The first-order valence-corrected chi connectivity index (χ1v) is 10.6. The number of hydrogen-bond acceptors (Lipinski definition) is 4. The Morgan fingerprint density at radius 3 is 2.55 bits per heavy atom. The second-order valence-corrected chi connectivity index (χ2v) is 8.33. The Morgan fingerprint density at radius 1 is 1.06 bits per heavy atom. The highest BCUT2D eigenvalue weighted by Gasteiger charge is 2.50. The van der Waals surface area contributed by atoms with E-state index in [1.54, 1.807) is 13.0 Å². The molecule has 2 aromatic carbocycles. The van der Waals surface area contributed by atoms with Crippen LogP contribution < -0.4 is 16.0 Å². The van der Waals surface area contributed by atoms with Crippen molar-refractivity contribution in [2.24, 2.45) is 0 Å². The van der Waals surface area contributed by atoms with Crippen molar-refractivity contribution in [1.82, 2.24) is 20.9 Å². The number of carbonyl (C=O) groups is 4. The van der Waals surface area contributed by atoms with E-state index in [4.69, 9.17) is 0 Å². The van der Waals surface area contributed by atoms with Crippen molar-refractivity contribution in [1.29, 1.82) is 0 Å². The first-order chi connectivity index (χ1) is 14.9. The molecule has 31 heavy (non-hydrogen) atoms. The van der Waals surface area contributed by atoms with Gasteiger partial charge in [0.1, 0.15) is 12.1 Å². The third kappa shape index (κ3) is 4.10. The van der Waals surface area contributed by atoms with Crippen molar-refractivity contribution in [3.05, 3.63) is 48.0 Å². The molecule has 0 spiro atoms. The molecule has 0 aromatic heterocycles. The molecular weight excluding hydrogens is 396 g/mol. The Morgan fingerprint density at radius 2 is 1.77 bits per heavy atom. The highest BCUT2D eigenvalue weighted by Crippen LogP contribution is 2.33. The van der Waals surface area contributed by atoms with Crippen LogP contribution in [0.25, 0.3) is 10.8 Å². The Labute approximate surface area is 180 Å². The van der Waals surface area contributed by atoms with E-state index in [2.05, 4.69) is 16.0 Å². The normalized spacial score (nSPS) is 21.8. The summed E-state index contributed by atoms with van der Waals surface area (Å²) in [5.41, 5.74) is -0.648. The minimum atomic E-state index is -1.30. The summed E-state index contributed by atoms with van der Waals surface area (Å²) in [4.78, 5) is 51.1. The van der Waals surface area contributed by atoms with E-state index in [0.717, 1.165) is 47.8 Å². The zero-order valence-electron chi connectivity index (χ0n) is 17.4. The number of nitrogens with zero attached hydrogens (tertiary/aromatic N) is 1. The maximum Gasteiger partial charge on any atom is 0.325 e. The Bertz CT molecular complexity index is 1040. The molecule has 0 unspecified atom stereocenters. The van der Waals surface area contributed by atoms with E-state index in [9.17, 15) is 19.2 Å². The van der Waals surface area contributed by atoms with Crippen LogP contribution in [0, 0.1) is 0 Å². The summed E-state index contributed by atoms with van der Waals surface area (Å²) in [6.45, 7) is 1.10. The van der Waals surface area contributed by atoms with Crippen molar-refractivity contribution < 1.29 is 19.2 Å². The van der Waals surface area contributed by atoms with Gasteiger partial charge in [-0.25, -0.2) is 9.59 Å². The van der Waals surface area contributed by atoms with Gasteiger partial charge in [-0.2, -0.15) is 0 Å². The number of hydrogen-bond donors (Lipinski definition) is 3. The first-order valence-electron chi connectivity index (χ1n) is 10.6. The van der Waals surface area contributed by atoms with Crippen LogP contribution in [0.3, 0.4) is 0 Å². The summed E-state index contributed by atoms with van der Waals surface area (Å²) in [5, 5.41) is 9.52. The molecule has 1 atom stereocenters. The van der Waals surface area contributed by atoms with E-state index >= 15 is 0 Å². The summed E-state index contributed by atoms with van der Waals surface area (Å²) >= 11 is 0. The van der Waals surface area contributed by atoms with E-state index in [0.29, 0.717) is 5.56 Å². The molecule has 1 heterocycles. The Kier molecular flexibility index (Phi) is 5.63. The van der Waals surface area contributed by atoms with Crippen molar-refractivity contribution in [2.45, 2.75) is 50.6 Å². The summed E-state index contributed by atoms with van der Waals surface area (Å²) in [6.07, 6.45) is 5.03. The standard InChI is InChI=1S/C23H26N4O4/c1-23(18-13-7-9-15-8-5-6-12-17(15)18)20(29)27(22(31)26-23)14-19(28)25-21(30)24-16-10-3-2-4-11-16/h5-9,12-13,16H,2-4,10-11,14H2,1H3,(H,26,31)(H2,24,25,28,30)/t23-/m1/s1. The van der Waals surface area contributed by atoms with E-state index in [1.807, 2.05) is 36.4 Å². The number of benzene rings is 2. The third-order valence-electron chi connectivity index (χ3n) is 6.10. The average molecular weight is 422 g/mol. The topological polar surface area (TPSA) is 108 Å². The minimum Gasteiger partial charge on any atom is -0.335 e. The van der Waals surface area contributed by atoms with Gasteiger partial charge in [-0.05, 0) is 36.1 Å². The molecular formula is C23H26N4O4. The zero-order chi connectivity index (χ0) is 22.0. The second-order valence-electron chi connectivity index (χ2n) is 8.33. The van der Waals surface area contributed by atoms with E-state index in [1.165, 1.54) is 0 Å². The molecule has 8 nitrogen and oxygen atoms in total. The van der Waals surface area contributed by atoms with Gasteiger partial charge >= 0.3 is 12.1 Å². The van der Waals surface area contributed by atoms with Crippen molar-refractivity contribution in [2.75, 3.05) is 6.54 Å². The lowest BCUT2D eigenvalue weighted by Crippen LogP contribution is -2.49. The maximum atomic E-state index is 13.2. The predicted molar refractivity (Wildman–Crippen MR) is 115 cm³/mol. The molecule has 1 aliphatic carbocycles. The molecule has 3 N–H and O–H groups in total. The number of rotatable bonds is 4. The van der Waals surface area contributed by atoms with Crippen LogP contribution in [-0.4, -0.2) is 41.4 Å². The van der Waals surface area contributed by atoms with Gasteiger partial charge in [0.2, 0.25) is 5.91 Å². The fourth-order valence-corrected chi connectivity index (χ4v) is 4.46. The second kappa shape index (κ2) is 8.37. The lowest BCUT2D eigenvalue weighted by Gasteiger charge is -2.24. The lowest BCUT2D eigenvalue weighted by atomic mass is 9.88. The van der Waals surface area contributed by atoms with Gasteiger partial charge in [0.05, 0.1) is 0 Å².